The highest BCUT2D eigenvalue weighted by molar-refractivity contribution is 6.04. The molecular weight excluding hydrogens is 289 g/mol. The first-order valence-corrected chi connectivity index (χ1v) is 6.03. The molecule has 2 aromatic rings. The van der Waals surface area contributed by atoms with Gasteiger partial charge in [-0.3, -0.25) is 5.10 Å². The Kier molecular flexibility index (Phi) is 3.56. The second kappa shape index (κ2) is 4.94. The van der Waals surface area contributed by atoms with E-state index in [0.29, 0.717) is 0 Å². The Morgan fingerprint density at radius 2 is 1.90 bits per heavy atom. The highest BCUT2D eigenvalue weighted by atomic mass is 19.4. The van der Waals surface area contributed by atoms with Crippen molar-refractivity contribution in [2.24, 2.45) is 0 Å². The summed E-state index contributed by atoms with van der Waals surface area (Å²) < 4.78 is 46.3. The number of aromatic nitrogens is 2. The molecule has 0 aliphatic carbocycles. The number of nitrogens with zero attached hydrogens (tertiary/aromatic N) is 1. The lowest BCUT2D eigenvalue weighted by atomic mass is 10.1. The number of fused-ring (bicyclic) bond motifs is 1. The maximum atomic E-state index is 12.4. The van der Waals surface area contributed by atoms with Gasteiger partial charge in [-0.25, -0.2) is 4.79 Å². The summed E-state index contributed by atoms with van der Waals surface area (Å²) in [7, 11) is 0. The molecule has 1 heterocycles. The summed E-state index contributed by atoms with van der Waals surface area (Å²) >= 11 is 0. The monoisotopic (exact) mass is 302 g/mol. The van der Waals surface area contributed by atoms with Gasteiger partial charge < -0.3 is 9.47 Å². The fourth-order valence-corrected chi connectivity index (χ4v) is 1.72. The molecule has 0 spiro atoms. The van der Waals surface area contributed by atoms with Crippen molar-refractivity contribution in [2.45, 2.75) is 32.7 Å². The average Bonchev–Trinajstić information content (AvgIpc) is 2.69. The van der Waals surface area contributed by atoms with Crippen molar-refractivity contribution in [3.05, 3.63) is 23.9 Å². The van der Waals surface area contributed by atoms with Crippen LogP contribution in [0.25, 0.3) is 10.9 Å². The third-order valence-electron chi connectivity index (χ3n) is 2.37. The molecule has 0 bridgehead atoms. The highest BCUT2D eigenvalue weighted by Crippen LogP contribution is 2.32. The topological polar surface area (TPSA) is 64.2 Å². The van der Waals surface area contributed by atoms with E-state index < -0.39 is 23.7 Å². The molecule has 21 heavy (non-hydrogen) atoms. The third-order valence-corrected chi connectivity index (χ3v) is 2.37. The van der Waals surface area contributed by atoms with E-state index in [1.54, 1.807) is 20.8 Å². The zero-order valence-corrected chi connectivity index (χ0v) is 11.5. The second-order valence-corrected chi connectivity index (χ2v) is 5.30. The summed E-state index contributed by atoms with van der Waals surface area (Å²) in [5.74, 6) is -1.33. The van der Waals surface area contributed by atoms with Crippen molar-refractivity contribution in [1.29, 1.82) is 0 Å². The second-order valence-electron chi connectivity index (χ2n) is 5.30. The van der Waals surface area contributed by atoms with Gasteiger partial charge in [0.25, 0.3) is 0 Å². The number of nitrogens with one attached hydrogen (secondary N) is 1. The van der Waals surface area contributed by atoms with Crippen LogP contribution in [0, 0.1) is 0 Å². The maximum Gasteiger partial charge on any atom is 0.573 e. The Labute approximate surface area is 118 Å². The van der Waals surface area contributed by atoms with Crippen LogP contribution in [0.3, 0.4) is 0 Å². The first-order chi connectivity index (χ1) is 9.57. The lowest BCUT2D eigenvalue weighted by molar-refractivity contribution is -0.274. The van der Waals surface area contributed by atoms with Gasteiger partial charge in [0.15, 0.2) is 5.69 Å². The smallest absolute Gasteiger partial charge is 0.455 e. The SMILES string of the molecule is CC(C)(C)OC(=O)c1n[nH]c2cccc(OC(F)(F)F)c12. The lowest BCUT2D eigenvalue weighted by Gasteiger charge is -2.18. The van der Waals surface area contributed by atoms with E-state index in [-0.39, 0.29) is 16.6 Å². The molecule has 0 unspecified atom stereocenters. The molecule has 1 aromatic carbocycles. The third kappa shape index (κ3) is 3.65. The number of rotatable bonds is 2. The van der Waals surface area contributed by atoms with E-state index in [1.807, 2.05) is 0 Å². The molecule has 1 aromatic heterocycles. The molecule has 2 rings (SSSR count). The number of halogens is 3. The zero-order valence-electron chi connectivity index (χ0n) is 11.5. The van der Waals surface area contributed by atoms with Crippen LogP contribution >= 0.6 is 0 Å². The average molecular weight is 302 g/mol. The molecule has 1 N–H and O–H groups in total. The fraction of sp³-hybridized carbons (Fsp3) is 0.385. The number of hydrogen-bond acceptors (Lipinski definition) is 4. The number of benzene rings is 1. The van der Waals surface area contributed by atoms with Crippen molar-refractivity contribution in [3.63, 3.8) is 0 Å². The van der Waals surface area contributed by atoms with Crippen LogP contribution in [0.15, 0.2) is 18.2 Å². The minimum absolute atomic E-state index is 0.0657. The predicted octanol–water partition coefficient (Wildman–Crippen LogP) is 3.42. The van der Waals surface area contributed by atoms with Crippen LogP contribution in [0.5, 0.6) is 5.75 Å². The van der Waals surface area contributed by atoms with Crippen LogP contribution in [0.1, 0.15) is 31.3 Å². The summed E-state index contributed by atoms with van der Waals surface area (Å²) in [6, 6.07) is 3.96. The fourth-order valence-electron chi connectivity index (χ4n) is 1.72. The number of alkyl halides is 3. The summed E-state index contributed by atoms with van der Waals surface area (Å²) in [4.78, 5) is 12.0. The molecule has 0 atom stereocenters. The summed E-state index contributed by atoms with van der Waals surface area (Å²) in [6.45, 7) is 4.94. The molecule has 0 radical (unpaired) electrons. The molecule has 0 amide bonds. The summed E-state index contributed by atoms with van der Waals surface area (Å²) in [5, 5.41) is 6.14. The lowest BCUT2D eigenvalue weighted by Crippen LogP contribution is -2.24. The molecule has 8 heteroatoms. The van der Waals surface area contributed by atoms with Crippen molar-refractivity contribution in [2.75, 3.05) is 0 Å². The van der Waals surface area contributed by atoms with Gasteiger partial charge in [-0.1, -0.05) is 6.07 Å². The van der Waals surface area contributed by atoms with Crippen LogP contribution in [0.2, 0.25) is 0 Å². The summed E-state index contributed by atoms with van der Waals surface area (Å²) in [5.41, 5.74) is -0.792. The quantitative estimate of drug-likeness (QED) is 0.863. The zero-order chi connectivity index (χ0) is 15.8. The number of hydrogen-bond donors (Lipinski definition) is 1. The van der Waals surface area contributed by atoms with Gasteiger partial charge in [-0.15, -0.1) is 13.2 Å². The molecule has 0 aliphatic rings. The van der Waals surface area contributed by atoms with Gasteiger partial charge in [0.1, 0.15) is 11.4 Å². The molecular formula is C13H13F3N2O3. The Bertz CT molecular complexity index is 671. The van der Waals surface area contributed by atoms with Crippen LogP contribution in [-0.4, -0.2) is 28.1 Å². The molecule has 0 aliphatic heterocycles. The van der Waals surface area contributed by atoms with E-state index in [4.69, 9.17) is 4.74 Å². The Balaban J connectivity index is 2.48. The van der Waals surface area contributed by atoms with Gasteiger partial charge >= 0.3 is 12.3 Å². The van der Waals surface area contributed by atoms with Gasteiger partial charge in [-0.2, -0.15) is 5.10 Å². The van der Waals surface area contributed by atoms with E-state index in [9.17, 15) is 18.0 Å². The Morgan fingerprint density at radius 3 is 2.48 bits per heavy atom. The number of esters is 1. The minimum Gasteiger partial charge on any atom is -0.455 e. The molecule has 5 nitrogen and oxygen atoms in total. The van der Waals surface area contributed by atoms with Gasteiger partial charge in [0, 0.05) is 0 Å². The Morgan fingerprint density at radius 1 is 1.24 bits per heavy atom. The van der Waals surface area contributed by atoms with Gasteiger partial charge in [-0.05, 0) is 32.9 Å². The van der Waals surface area contributed by atoms with E-state index in [2.05, 4.69) is 14.9 Å². The Hall–Kier alpha value is -2.25. The van der Waals surface area contributed by atoms with Crippen molar-refractivity contribution < 1.29 is 27.4 Å². The van der Waals surface area contributed by atoms with Crippen LogP contribution in [0.4, 0.5) is 13.2 Å². The standard InChI is InChI=1S/C13H13F3N2O3/c1-12(2,3)21-11(19)10-9-7(17-18-10)5-4-6-8(9)20-13(14,15)16/h4-6H,1-3H3,(H,17,18). The van der Waals surface area contributed by atoms with E-state index >= 15 is 0 Å². The molecule has 0 fully saturated rings. The minimum atomic E-state index is -4.86. The van der Waals surface area contributed by atoms with Crippen LogP contribution < -0.4 is 4.74 Å². The molecule has 0 saturated heterocycles. The van der Waals surface area contributed by atoms with Gasteiger partial charge in [0.2, 0.25) is 0 Å². The molecule has 114 valence electrons. The number of carbonyl (C=O) groups excluding carboxylic acids is 1. The summed E-state index contributed by atoms with van der Waals surface area (Å²) in [6.07, 6.45) is -4.86. The van der Waals surface area contributed by atoms with Crippen molar-refractivity contribution >= 4 is 16.9 Å². The van der Waals surface area contributed by atoms with Crippen molar-refractivity contribution in [3.8, 4) is 5.75 Å². The normalized spacial score (nSPS) is 12.5. The van der Waals surface area contributed by atoms with E-state index in [1.165, 1.54) is 12.1 Å². The maximum absolute atomic E-state index is 12.4. The first-order valence-electron chi connectivity index (χ1n) is 6.03. The number of carbonyl (C=O) groups is 1. The largest absolute Gasteiger partial charge is 0.573 e. The van der Waals surface area contributed by atoms with E-state index in [0.717, 1.165) is 6.07 Å². The number of H-pyrrole nitrogens is 1. The van der Waals surface area contributed by atoms with Crippen molar-refractivity contribution in [1.82, 2.24) is 10.2 Å². The highest BCUT2D eigenvalue weighted by Gasteiger charge is 2.33. The predicted molar refractivity (Wildman–Crippen MR) is 67.9 cm³/mol. The number of ether oxygens (including phenoxy) is 2. The van der Waals surface area contributed by atoms with Crippen LogP contribution in [-0.2, 0) is 4.74 Å². The molecule has 0 saturated carbocycles. The number of aromatic amines is 1. The van der Waals surface area contributed by atoms with Gasteiger partial charge in [0.05, 0.1) is 10.9 Å². The first kappa shape index (κ1) is 15.1.